The van der Waals surface area contributed by atoms with Gasteiger partial charge in [-0.1, -0.05) is 29.5 Å². The largest absolute Gasteiger partial charge is 0.486 e. The van der Waals surface area contributed by atoms with Gasteiger partial charge in [0.15, 0.2) is 16.6 Å². The minimum Gasteiger partial charge on any atom is -0.486 e. The summed E-state index contributed by atoms with van der Waals surface area (Å²) in [7, 11) is 0. The molecule has 0 fully saturated rings. The number of anilines is 1. The quantitative estimate of drug-likeness (QED) is 0.536. The molecule has 0 unspecified atom stereocenters. The number of amides is 1. The lowest BCUT2D eigenvalue weighted by Crippen LogP contribution is -2.20. The molecule has 0 aliphatic carbocycles. The Balaban J connectivity index is 1.48. The zero-order valence-electron chi connectivity index (χ0n) is 13.9. The first-order chi connectivity index (χ1) is 13.2. The third-order valence-corrected chi connectivity index (χ3v) is 5.09. The molecule has 0 saturated heterocycles. The number of hydrogen-bond donors (Lipinski definition) is 1. The van der Waals surface area contributed by atoms with E-state index >= 15 is 0 Å². The van der Waals surface area contributed by atoms with Gasteiger partial charge in [0.1, 0.15) is 24.4 Å². The van der Waals surface area contributed by atoms with Crippen molar-refractivity contribution in [1.29, 1.82) is 0 Å². The van der Waals surface area contributed by atoms with Crippen LogP contribution in [-0.4, -0.2) is 24.1 Å². The molecule has 2 aromatic carbocycles. The Bertz CT molecular complexity index is 1220. The van der Waals surface area contributed by atoms with E-state index in [2.05, 4.69) is 10.3 Å². The molecule has 1 aliphatic rings. The molecule has 0 bridgehead atoms. The lowest BCUT2D eigenvalue weighted by molar-refractivity contribution is 0.102. The van der Waals surface area contributed by atoms with E-state index in [0.717, 1.165) is 4.70 Å². The van der Waals surface area contributed by atoms with Gasteiger partial charge in [-0.05, 0) is 12.1 Å². The van der Waals surface area contributed by atoms with Crippen molar-refractivity contribution >= 4 is 43.6 Å². The van der Waals surface area contributed by atoms with E-state index < -0.39 is 11.5 Å². The average molecular weight is 380 g/mol. The highest BCUT2D eigenvalue weighted by molar-refractivity contribution is 7.22. The fourth-order valence-electron chi connectivity index (χ4n) is 2.90. The summed E-state index contributed by atoms with van der Waals surface area (Å²) in [6.45, 7) is 0.989. The molecule has 0 atom stereocenters. The SMILES string of the molecule is O=C(Nc1nc2cc3c(cc2s1)OCCO3)c1cc2ccccc2oc1=O. The molecule has 27 heavy (non-hydrogen) atoms. The van der Waals surface area contributed by atoms with Crippen LogP contribution in [0.5, 0.6) is 11.5 Å². The van der Waals surface area contributed by atoms with Crippen LogP contribution < -0.4 is 20.4 Å². The second-order valence-corrected chi connectivity index (χ2v) is 6.95. The van der Waals surface area contributed by atoms with Crippen molar-refractivity contribution in [2.45, 2.75) is 0 Å². The maximum Gasteiger partial charge on any atom is 0.349 e. The second kappa shape index (κ2) is 6.10. The van der Waals surface area contributed by atoms with Crippen molar-refractivity contribution < 1.29 is 18.7 Å². The molecule has 8 heteroatoms. The average Bonchev–Trinajstić information content (AvgIpc) is 3.06. The van der Waals surface area contributed by atoms with Gasteiger partial charge in [-0.15, -0.1) is 0 Å². The summed E-state index contributed by atoms with van der Waals surface area (Å²) in [6, 6.07) is 12.2. The monoisotopic (exact) mass is 380 g/mol. The van der Waals surface area contributed by atoms with Crippen molar-refractivity contribution in [2.24, 2.45) is 0 Å². The van der Waals surface area contributed by atoms with Gasteiger partial charge in [0.2, 0.25) is 0 Å². The van der Waals surface area contributed by atoms with Crippen LogP contribution in [0.4, 0.5) is 5.13 Å². The summed E-state index contributed by atoms with van der Waals surface area (Å²) < 4.78 is 17.2. The highest BCUT2D eigenvalue weighted by Crippen LogP contribution is 2.37. The van der Waals surface area contributed by atoms with Crippen molar-refractivity contribution in [1.82, 2.24) is 4.98 Å². The Kier molecular flexibility index (Phi) is 3.58. The number of nitrogens with one attached hydrogen (secondary N) is 1. The summed E-state index contributed by atoms with van der Waals surface area (Å²) >= 11 is 1.29. The van der Waals surface area contributed by atoms with Crippen LogP contribution in [-0.2, 0) is 0 Å². The van der Waals surface area contributed by atoms with Crippen molar-refractivity contribution in [2.75, 3.05) is 18.5 Å². The zero-order valence-corrected chi connectivity index (χ0v) is 14.7. The maximum absolute atomic E-state index is 12.6. The fraction of sp³-hybridized carbons (Fsp3) is 0.105. The minimum absolute atomic E-state index is 0.0704. The van der Waals surface area contributed by atoms with Gasteiger partial charge in [0.25, 0.3) is 5.91 Å². The third kappa shape index (κ3) is 2.80. The molecule has 3 heterocycles. The molecule has 0 radical (unpaired) electrons. The van der Waals surface area contributed by atoms with Crippen LogP contribution in [0.15, 0.2) is 51.7 Å². The molecule has 1 aliphatic heterocycles. The molecule has 0 spiro atoms. The van der Waals surface area contributed by atoms with Crippen LogP contribution >= 0.6 is 11.3 Å². The number of benzene rings is 2. The van der Waals surface area contributed by atoms with E-state index in [-0.39, 0.29) is 5.56 Å². The number of rotatable bonds is 2. The van der Waals surface area contributed by atoms with Crippen molar-refractivity contribution in [3.05, 3.63) is 58.4 Å². The van der Waals surface area contributed by atoms with Crippen LogP contribution in [0, 0.1) is 0 Å². The number of aromatic nitrogens is 1. The molecule has 5 rings (SSSR count). The van der Waals surface area contributed by atoms with E-state index in [1.165, 1.54) is 17.4 Å². The first-order valence-corrected chi connectivity index (χ1v) is 9.03. The Hall–Kier alpha value is -3.39. The first-order valence-electron chi connectivity index (χ1n) is 8.22. The number of para-hydroxylation sites is 1. The number of carbonyl (C=O) groups is 1. The molecular formula is C19H12N2O5S. The number of ether oxygens (including phenoxy) is 2. The zero-order chi connectivity index (χ0) is 18.4. The topological polar surface area (TPSA) is 90.7 Å². The van der Waals surface area contributed by atoms with Crippen LogP contribution in [0.1, 0.15) is 10.4 Å². The van der Waals surface area contributed by atoms with Crippen molar-refractivity contribution in [3.63, 3.8) is 0 Å². The molecule has 7 nitrogen and oxygen atoms in total. The molecule has 2 aromatic heterocycles. The van der Waals surface area contributed by atoms with Gasteiger partial charge in [-0.3, -0.25) is 10.1 Å². The van der Waals surface area contributed by atoms with Gasteiger partial charge in [-0.25, -0.2) is 9.78 Å². The Morgan fingerprint density at radius 3 is 2.70 bits per heavy atom. The molecule has 1 amide bonds. The molecule has 1 N–H and O–H groups in total. The number of fused-ring (bicyclic) bond motifs is 3. The Morgan fingerprint density at radius 1 is 1.07 bits per heavy atom. The maximum atomic E-state index is 12.6. The van der Waals surface area contributed by atoms with Crippen LogP contribution in [0.25, 0.3) is 21.2 Å². The van der Waals surface area contributed by atoms with Gasteiger partial charge < -0.3 is 13.9 Å². The lowest BCUT2D eigenvalue weighted by Gasteiger charge is -2.17. The summed E-state index contributed by atoms with van der Waals surface area (Å²) in [5.74, 6) is 0.725. The van der Waals surface area contributed by atoms with Gasteiger partial charge in [-0.2, -0.15) is 0 Å². The number of carbonyl (C=O) groups excluding carboxylic acids is 1. The standard InChI is InChI=1S/C19H12N2O5S/c22-17(11-7-10-3-1-2-4-13(10)26-18(11)23)21-19-20-12-8-14-15(9-16(12)27-19)25-6-5-24-14/h1-4,7-9H,5-6H2,(H,20,21,22). The second-order valence-electron chi connectivity index (χ2n) is 5.92. The Morgan fingerprint density at radius 2 is 1.85 bits per heavy atom. The highest BCUT2D eigenvalue weighted by atomic mass is 32.1. The van der Waals surface area contributed by atoms with E-state index in [9.17, 15) is 9.59 Å². The normalized spacial score (nSPS) is 13.0. The minimum atomic E-state index is -0.690. The predicted molar refractivity (Wildman–Crippen MR) is 101 cm³/mol. The smallest absolute Gasteiger partial charge is 0.349 e. The van der Waals surface area contributed by atoms with Gasteiger partial charge >= 0.3 is 5.63 Å². The van der Waals surface area contributed by atoms with Gasteiger partial charge in [0.05, 0.1) is 10.2 Å². The number of hydrogen-bond acceptors (Lipinski definition) is 7. The number of nitrogens with zero attached hydrogens (tertiary/aromatic N) is 1. The highest BCUT2D eigenvalue weighted by Gasteiger charge is 2.18. The van der Waals surface area contributed by atoms with E-state index in [1.807, 2.05) is 12.1 Å². The van der Waals surface area contributed by atoms with Crippen LogP contribution in [0.2, 0.25) is 0 Å². The van der Waals surface area contributed by atoms with Crippen LogP contribution in [0.3, 0.4) is 0 Å². The van der Waals surface area contributed by atoms with E-state index in [1.54, 1.807) is 24.3 Å². The predicted octanol–water partition coefficient (Wildman–Crippen LogP) is 3.43. The van der Waals surface area contributed by atoms with E-state index in [0.29, 0.717) is 46.3 Å². The summed E-state index contributed by atoms with van der Waals surface area (Å²) in [6.07, 6.45) is 0. The molecule has 134 valence electrons. The summed E-state index contributed by atoms with van der Waals surface area (Å²) in [5.41, 5.74) is 0.359. The lowest BCUT2D eigenvalue weighted by atomic mass is 10.2. The Labute approximate surface area is 156 Å². The molecular weight excluding hydrogens is 368 g/mol. The third-order valence-electron chi connectivity index (χ3n) is 4.16. The summed E-state index contributed by atoms with van der Waals surface area (Å²) in [4.78, 5) is 29.1. The van der Waals surface area contributed by atoms with Gasteiger partial charge in [0, 0.05) is 17.5 Å². The van der Waals surface area contributed by atoms with E-state index in [4.69, 9.17) is 13.9 Å². The fourth-order valence-corrected chi connectivity index (χ4v) is 3.77. The molecule has 4 aromatic rings. The first kappa shape index (κ1) is 15.8. The number of thiazole rings is 1. The van der Waals surface area contributed by atoms with Crippen molar-refractivity contribution in [3.8, 4) is 11.5 Å². The molecule has 0 saturated carbocycles. The summed E-state index contributed by atoms with van der Waals surface area (Å²) in [5, 5.41) is 3.72.